The number of aromatic carboxylic acids is 1. The van der Waals surface area contributed by atoms with Gasteiger partial charge in [-0.3, -0.25) is 4.90 Å². The van der Waals surface area contributed by atoms with E-state index in [1.807, 2.05) is 0 Å². The second-order valence-corrected chi connectivity index (χ2v) is 7.09. The van der Waals surface area contributed by atoms with Crippen molar-refractivity contribution >= 4 is 16.9 Å². The van der Waals surface area contributed by atoms with E-state index >= 15 is 0 Å². The molecule has 5 nitrogen and oxygen atoms in total. The molecular formula is C22H24N2O3. The van der Waals surface area contributed by atoms with Crippen LogP contribution in [-0.4, -0.2) is 47.2 Å². The van der Waals surface area contributed by atoms with Crippen molar-refractivity contribution in [2.75, 3.05) is 26.2 Å². The second kappa shape index (κ2) is 7.84. The number of carbonyl (C=O) groups is 1. The zero-order valence-corrected chi connectivity index (χ0v) is 15.2. The predicted octanol–water partition coefficient (Wildman–Crippen LogP) is 4.12. The van der Waals surface area contributed by atoms with E-state index in [9.17, 15) is 4.79 Å². The van der Waals surface area contributed by atoms with E-state index in [-0.39, 0.29) is 5.56 Å². The first-order chi connectivity index (χ1) is 13.2. The topological polar surface area (TPSA) is 65.6 Å². The number of aromatic amines is 1. The van der Waals surface area contributed by atoms with E-state index in [0.29, 0.717) is 18.3 Å². The van der Waals surface area contributed by atoms with Crippen LogP contribution in [0.4, 0.5) is 0 Å². The van der Waals surface area contributed by atoms with E-state index < -0.39 is 5.97 Å². The Kier molecular flexibility index (Phi) is 5.12. The van der Waals surface area contributed by atoms with Crippen molar-refractivity contribution in [1.29, 1.82) is 0 Å². The lowest BCUT2D eigenvalue weighted by Crippen LogP contribution is -2.35. The molecule has 1 aromatic heterocycles. The molecule has 0 unspecified atom stereocenters. The number of nitrogens with one attached hydrogen (secondary N) is 1. The van der Waals surface area contributed by atoms with E-state index in [1.54, 1.807) is 24.3 Å². The van der Waals surface area contributed by atoms with E-state index in [4.69, 9.17) is 9.84 Å². The molecule has 1 aliphatic rings. The van der Waals surface area contributed by atoms with Gasteiger partial charge in [-0.15, -0.1) is 0 Å². The first-order valence-electron chi connectivity index (χ1n) is 9.45. The molecule has 2 heterocycles. The van der Waals surface area contributed by atoms with Crippen LogP contribution in [0.2, 0.25) is 0 Å². The summed E-state index contributed by atoms with van der Waals surface area (Å²) in [6, 6.07) is 15.2. The van der Waals surface area contributed by atoms with E-state index in [0.717, 1.165) is 32.5 Å². The number of benzene rings is 2. The van der Waals surface area contributed by atoms with Crippen LogP contribution in [0.15, 0.2) is 54.7 Å². The number of likely N-dealkylation sites (tertiary alicyclic amines) is 1. The van der Waals surface area contributed by atoms with Crippen molar-refractivity contribution in [2.45, 2.75) is 18.8 Å². The smallest absolute Gasteiger partial charge is 0.335 e. The van der Waals surface area contributed by atoms with Gasteiger partial charge in [0.25, 0.3) is 0 Å². The average molecular weight is 364 g/mol. The standard InChI is InChI=1S/C22H24N2O3/c25-22(26)17-4-3-5-18(14-17)27-13-12-24-10-8-16(9-11-24)20-15-23-21-7-2-1-6-19(20)21/h1-7,14-16,23H,8-13H2,(H,25,26). The molecule has 3 aromatic rings. The van der Waals surface area contributed by atoms with Gasteiger partial charge in [-0.2, -0.15) is 0 Å². The van der Waals surface area contributed by atoms with Crippen molar-refractivity contribution in [1.82, 2.24) is 9.88 Å². The minimum Gasteiger partial charge on any atom is -0.492 e. The Morgan fingerprint density at radius 3 is 2.78 bits per heavy atom. The Hall–Kier alpha value is -2.79. The summed E-state index contributed by atoms with van der Waals surface area (Å²) in [6.07, 6.45) is 4.47. The number of rotatable bonds is 6. The van der Waals surface area contributed by atoms with Gasteiger partial charge in [0.15, 0.2) is 0 Å². The fraction of sp³-hybridized carbons (Fsp3) is 0.318. The van der Waals surface area contributed by atoms with Crippen LogP contribution in [0.1, 0.15) is 34.7 Å². The van der Waals surface area contributed by atoms with Crippen molar-refractivity contribution in [3.05, 3.63) is 65.9 Å². The summed E-state index contributed by atoms with van der Waals surface area (Å²) in [7, 11) is 0. The Morgan fingerprint density at radius 1 is 1.15 bits per heavy atom. The number of para-hydroxylation sites is 1. The quantitative estimate of drug-likeness (QED) is 0.690. The minimum absolute atomic E-state index is 0.257. The highest BCUT2D eigenvalue weighted by atomic mass is 16.5. The fourth-order valence-corrected chi connectivity index (χ4v) is 3.91. The summed E-state index contributed by atoms with van der Waals surface area (Å²) >= 11 is 0. The van der Waals surface area contributed by atoms with Gasteiger partial charge in [0, 0.05) is 23.6 Å². The van der Waals surface area contributed by atoms with Gasteiger partial charge in [-0.05, 0) is 61.7 Å². The van der Waals surface area contributed by atoms with Crippen LogP contribution in [0, 0.1) is 0 Å². The molecule has 1 saturated heterocycles. The van der Waals surface area contributed by atoms with Gasteiger partial charge in [-0.1, -0.05) is 24.3 Å². The SMILES string of the molecule is O=C(O)c1cccc(OCCN2CCC(c3c[nH]c4ccccc34)CC2)c1. The number of hydrogen-bond acceptors (Lipinski definition) is 3. The molecular weight excluding hydrogens is 340 g/mol. The van der Waals surface area contributed by atoms with Gasteiger partial charge in [0.1, 0.15) is 12.4 Å². The summed E-state index contributed by atoms with van der Waals surface area (Å²) < 4.78 is 5.75. The molecule has 27 heavy (non-hydrogen) atoms. The summed E-state index contributed by atoms with van der Waals surface area (Å²) in [4.78, 5) is 16.8. The highest BCUT2D eigenvalue weighted by Gasteiger charge is 2.22. The lowest BCUT2D eigenvalue weighted by atomic mass is 9.89. The number of aromatic nitrogens is 1. The van der Waals surface area contributed by atoms with Gasteiger partial charge < -0.3 is 14.8 Å². The highest BCUT2D eigenvalue weighted by molar-refractivity contribution is 5.88. The number of ether oxygens (including phenoxy) is 1. The molecule has 1 aliphatic heterocycles. The molecule has 0 bridgehead atoms. The average Bonchev–Trinajstić information content (AvgIpc) is 3.13. The van der Waals surface area contributed by atoms with Crippen molar-refractivity contribution in [2.24, 2.45) is 0 Å². The minimum atomic E-state index is -0.931. The first kappa shape index (κ1) is 17.6. The van der Waals surface area contributed by atoms with Crippen LogP contribution >= 0.6 is 0 Å². The van der Waals surface area contributed by atoms with Crippen molar-refractivity contribution < 1.29 is 14.6 Å². The normalized spacial score (nSPS) is 15.9. The lowest BCUT2D eigenvalue weighted by Gasteiger charge is -2.31. The fourth-order valence-electron chi connectivity index (χ4n) is 3.91. The summed E-state index contributed by atoms with van der Waals surface area (Å²) in [5.74, 6) is 0.286. The summed E-state index contributed by atoms with van der Waals surface area (Å²) in [6.45, 7) is 3.55. The van der Waals surface area contributed by atoms with Crippen molar-refractivity contribution in [3.63, 3.8) is 0 Å². The highest BCUT2D eigenvalue weighted by Crippen LogP contribution is 2.32. The number of carboxylic acid groups (broad SMARTS) is 1. The molecule has 4 rings (SSSR count). The van der Waals surface area contributed by atoms with E-state index in [1.165, 1.54) is 16.5 Å². The Bertz CT molecular complexity index is 926. The first-order valence-corrected chi connectivity index (χ1v) is 9.45. The Labute approximate surface area is 158 Å². The third-order valence-corrected chi connectivity index (χ3v) is 5.41. The van der Waals surface area contributed by atoms with Gasteiger partial charge in [0.05, 0.1) is 5.56 Å². The van der Waals surface area contributed by atoms with Crippen molar-refractivity contribution in [3.8, 4) is 5.75 Å². The van der Waals surface area contributed by atoms with Crippen LogP contribution in [0.3, 0.4) is 0 Å². The van der Waals surface area contributed by atoms with Gasteiger partial charge in [-0.25, -0.2) is 4.79 Å². The van der Waals surface area contributed by atoms with Crippen LogP contribution in [0.5, 0.6) is 5.75 Å². The maximum Gasteiger partial charge on any atom is 0.335 e. The molecule has 0 atom stereocenters. The zero-order valence-electron chi connectivity index (χ0n) is 15.2. The maximum atomic E-state index is 11.0. The van der Waals surface area contributed by atoms with Crippen LogP contribution in [0.25, 0.3) is 10.9 Å². The number of H-pyrrole nitrogens is 1. The molecule has 1 fully saturated rings. The Balaban J connectivity index is 1.27. The zero-order chi connectivity index (χ0) is 18.6. The third-order valence-electron chi connectivity index (χ3n) is 5.41. The Morgan fingerprint density at radius 2 is 1.96 bits per heavy atom. The third kappa shape index (κ3) is 3.98. The molecule has 2 N–H and O–H groups in total. The van der Waals surface area contributed by atoms with Gasteiger partial charge >= 0.3 is 5.97 Å². The number of piperidine rings is 1. The molecule has 0 saturated carbocycles. The molecule has 0 aliphatic carbocycles. The molecule has 5 heteroatoms. The molecule has 2 aromatic carbocycles. The summed E-state index contributed by atoms with van der Waals surface area (Å²) in [5.41, 5.74) is 2.91. The predicted molar refractivity (Wildman–Crippen MR) is 106 cm³/mol. The second-order valence-electron chi connectivity index (χ2n) is 7.09. The number of nitrogens with zero attached hydrogens (tertiary/aromatic N) is 1. The monoisotopic (exact) mass is 364 g/mol. The number of hydrogen-bond donors (Lipinski definition) is 2. The largest absolute Gasteiger partial charge is 0.492 e. The summed E-state index contributed by atoms with van der Waals surface area (Å²) in [5, 5.41) is 10.4. The van der Waals surface area contributed by atoms with Crippen LogP contribution < -0.4 is 4.74 Å². The number of fused-ring (bicyclic) bond motifs is 1. The molecule has 140 valence electrons. The number of carboxylic acids is 1. The maximum absolute atomic E-state index is 11.0. The van der Waals surface area contributed by atoms with E-state index in [2.05, 4.69) is 40.3 Å². The molecule has 0 amide bonds. The van der Waals surface area contributed by atoms with Gasteiger partial charge in [0.2, 0.25) is 0 Å². The lowest BCUT2D eigenvalue weighted by molar-refractivity contribution is 0.0696. The molecule has 0 spiro atoms. The van der Waals surface area contributed by atoms with Crippen LogP contribution in [-0.2, 0) is 0 Å². The molecule has 0 radical (unpaired) electrons.